The highest BCUT2D eigenvalue weighted by Gasteiger charge is 2.10. The van der Waals surface area contributed by atoms with E-state index in [1.54, 1.807) is 36.0 Å². The molecule has 98 valence electrons. The highest BCUT2D eigenvalue weighted by atomic mass is 35.5. The predicted molar refractivity (Wildman–Crippen MR) is 82.2 cm³/mol. The van der Waals surface area contributed by atoms with E-state index in [0.29, 0.717) is 10.6 Å². The Labute approximate surface area is 122 Å². The van der Waals surface area contributed by atoms with Crippen LogP contribution < -0.4 is 5.32 Å². The van der Waals surface area contributed by atoms with Gasteiger partial charge in [-0.2, -0.15) is 0 Å². The molecular weight excluding hydrogens is 278 g/mol. The molecule has 0 spiro atoms. The molecule has 0 saturated carbocycles. The quantitative estimate of drug-likeness (QED) is 0.827. The van der Waals surface area contributed by atoms with Crippen molar-refractivity contribution in [1.82, 2.24) is 0 Å². The lowest BCUT2D eigenvalue weighted by Crippen LogP contribution is -2.12. The molecule has 0 bridgehead atoms. The van der Waals surface area contributed by atoms with E-state index in [9.17, 15) is 4.79 Å². The van der Waals surface area contributed by atoms with Gasteiger partial charge in [0.1, 0.15) is 0 Å². The molecule has 2 aromatic carbocycles. The van der Waals surface area contributed by atoms with Gasteiger partial charge < -0.3 is 5.32 Å². The second-order valence-electron chi connectivity index (χ2n) is 3.89. The number of carbonyl (C=O) groups excluding carboxylic acids is 1. The van der Waals surface area contributed by atoms with Gasteiger partial charge in [-0.15, -0.1) is 11.8 Å². The van der Waals surface area contributed by atoms with Crippen LogP contribution in [0.3, 0.4) is 0 Å². The summed E-state index contributed by atoms with van der Waals surface area (Å²) in [4.78, 5) is 13.2. The number of amides is 1. The standard InChI is InChI=1S/C15H14ClNOS/c1-2-19-14-6-4-3-5-13(14)15(18)17-12-9-7-11(16)8-10-12/h3-10H,2H2,1H3,(H,17,18). The van der Waals surface area contributed by atoms with E-state index in [0.717, 1.165) is 16.3 Å². The van der Waals surface area contributed by atoms with Crippen molar-refractivity contribution in [2.45, 2.75) is 11.8 Å². The van der Waals surface area contributed by atoms with Gasteiger partial charge >= 0.3 is 0 Å². The average molecular weight is 292 g/mol. The van der Waals surface area contributed by atoms with Crippen LogP contribution in [0.5, 0.6) is 0 Å². The Morgan fingerprint density at radius 1 is 1.16 bits per heavy atom. The monoisotopic (exact) mass is 291 g/mol. The molecule has 0 atom stereocenters. The summed E-state index contributed by atoms with van der Waals surface area (Å²) in [6, 6.07) is 14.7. The van der Waals surface area contributed by atoms with Gasteiger partial charge in [-0.3, -0.25) is 4.79 Å². The lowest BCUT2D eigenvalue weighted by atomic mass is 10.2. The molecule has 0 aliphatic rings. The van der Waals surface area contributed by atoms with E-state index < -0.39 is 0 Å². The molecule has 1 N–H and O–H groups in total. The summed E-state index contributed by atoms with van der Waals surface area (Å²) in [7, 11) is 0. The lowest BCUT2D eigenvalue weighted by Gasteiger charge is -2.09. The molecule has 0 aromatic heterocycles. The zero-order valence-corrected chi connectivity index (χ0v) is 12.1. The predicted octanol–water partition coefficient (Wildman–Crippen LogP) is 4.70. The number of thioether (sulfide) groups is 1. The molecule has 4 heteroatoms. The van der Waals surface area contributed by atoms with E-state index in [1.165, 1.54) is 0 Å². The Morgan fingerprint density at radius 3 is 2.53 bits per heavy atom. The molecule has 0 radical (unpaired) electrons. The minimum Gasteiger partial charge on any atom is -0.322 e. The second-order valence-corrected chi connectivity index (χ2v) is 5.63. The number of nitrogens with one attached hydrogen (secondary N) is 1. The molecule has 19 heavy (non-hydrogen) atoms. The van der Waals surface area contributed by atoms with Crippen LogP contribution in [0, 0.1) is 0 Å². The summed E-state index contributed by atoms with van der Waals surface area (Å²) >= 11 is 7.48. The second kappa shape index (κ2) is 6.64. The molecule has 2 rings (SSSR count). The van der Waals surface area contributed by atoms with Crippen molar-refractivity contribution in [3.63, 3.8) is 0 Å². The van der Waals surface area contributed by atoms with Crippen LogP contribution in [-0.4, -0.2) is 11.7 Å². The van der Waals surface area contributed by atoms with Gasteiger partial charge in [0.2, 0.25) is 0 Å². The Balaban J connectivity index is 2.18. The summed E-state index contributed by atoms with van der Waals surface area (Å²) in [5.41, 5.74) is 1.44. The normalized spacial score (nSPS) is 10.2. The Bertz CT molecular complexity index is 569. The first-order valence-electron chi connectivity index (χ1n) is 5.99. The summed E-state index contributed by atoms with van der Waals surface area (Å²) in [5, 5.41) is 3.53. The van der Waals surface area contributed by atoms with Crippen molar-refractivity contribution in [3.05, 3.63) is 59.1 Å². The SMILES string of the molecule is CCSc1ccccc1C(=O)Nc1ccc(Cl)cc1. The number of hydrogen-bond acceptors (Lipinski definition) is 2. The zero-order chi connectivity index (χ0) is 13.7. The third-order valence-corrected chi connectivity index (χ3v) is 3.74. The minimum atomic E-state index is -0.0983. The molecule has 0 saturated heterocycles. The third kappa shape index (κ3) is 3.75. The van der Waals surface area contributed by atoms with Crippen molar-refractivity contribution in [3.8, 4) is 0 Å². The first-order chi connectivity index (χ1) is 9.20. The summed E-state index contributed by atoms with van der Waals surface area (Å²) in [6.07, 6.45) is 0. The van der Waals surface area contributed by atoms with Crippen LogP contribution in [-0.2, 0) is 0 Å². The molecule has 2 nitrogen and oxygen atoms in total. The third-order valence-electron chi connectivity index (χ3n) is 2.53. The van der Waals surface area contributed by atoms with Crippen molar-refractivity contribution >= 4 is 35.0 Å². The lowest BCUT2D eigenvalue weighted by molar-refractivity contribution is 0.102. The van der Waals surface area contributed by atoms with Gasteiger partial charge in [-0.05, 0) is 42.2 Å². The summed E-state index contributed by atoms with van der Waals surface area (Å²) < 4.78 is 0. The number of anilines is 1. The summed E-state index contributed by atoms with van der Waals surface area (Å²) in [5.74, 6) is 0.837. The maximum Gasteiger partial charge on any atom is 0.256 e. The van der Waals surface area contributed by atoms with Gasteiger partial charge in [0, 0.05) is 15.6 Å². The van der Waals surface area contributed by atoms with Gasteiger partial charge in [0.25, 0.3) is 5.91 Å². The molecule has 1 amide bonds. The topological polar surface area (TPSA) is 29.1 Å². The van der Waals surface area contributed by atoms with E-state index >= 15 is 0 Å². The molecule has 0 unspecified atom stereocenters. The smallest absolute Gasteiger partial charge is 0.256 e. The van der Waals surface area contributed by atoms with Crippen LogP contribution in [0.2, 0.25) is 5.02 Å². The first kappa shape index (κ1) is 14.0. The Morgan fingerprint density at radius 2 is 1.84 bits per heavy atom. The van der Waals surface area contributed by atoms with E-state index in [-0.39, 0.29) is 5.91 Å². The van der Waals surface area contributed by atoms with Gasteiger partial charge in [0.05, 0.1) is 5.56 Å². The van der Waals surface area contributed by atoms with Crippen LogP contribution >= 0.6 is 23.4 Å². The first-order valence-corrected chi connectivity index (χ1v) is 7.36. The maximum absolute atomic E-state index is 12.2. The molecule has 0 heterocycles. The fourth-order valence-electron chi connectivity index (χ4n) is 1.67. The number of hydrogen-bond donors (Lipinski definition) is 1. The van der Waals surface area contributed by atoms with Crippen molar-refractivity contribution in [1.29, 1.82) is 0 Å². The van der Waals surface area contributed by atoms with Crippen LogP contribution in [0.15, 0.2) is 53.4 Å². The molecular formula is C15H14ClNOS. The fourth-order valence-corrected chi connectivity index (χ4v) is 2.60. The van der Waals surface area contributed by atoms with Crippen LogP contribution in [0.4, 0.5) is 5.69 Å². The summed E-state index contributed by atoms with van der Waals surface area (Å²) in [6.45, 7) is 2.07. The van der Waals surface area contributed by atoms with Gasteiger partial charge in [-0.25, -0.2) is 0 Å². The number of rotatable bonds is 4. The highest BCUT2D eigenvalue weighted by molar-refractivity contribution is 7.99. The molecule has 0 aliphatic heterocycles. The van der Waals surface area contributed by atoms with Gasteiger partial charge in [0.15, 0.2) is 0 Å². The van der Waals surface area contributed by atoms with Crippen molar-refractivity contribution in [2.24, 2.45) is 0 Å². The molecule has 0 fully saturated rings. The number of carbonyl (C=O) groups is 1. The Kier molecular flexibility index (Phi) is 4.88. The van der Waals surface area contributed by atoms with E-state index in [1.807, 2.05) is 24.3 Å². The minimum absolute atomic E-state index is 0.0983. The fraction of sp³-hybridized carbons (Fsp3) is 0.133. The van der Waals surface area contributed by atoms with Gasteiger partial charge in [-0.1, -0.05) is 30.7 Å². The van der Waals surface area contributed by atoms with Crippen LogP contribution in [0.1, 0.15) is 17.3 Å². The molecule has 2 aromatic rings. The highest BCUT2D eigenvalue weighted by Crippen LogP contribution is 2.23. The van der Waals surface area contributed by atoms with Crippen molar-refractivity contribution in [2.75, 3.05) is 11.1 Å². The van der Waals surface area contributed by atoms with Crippen molar-refractivity contribution < 1.29 is 4.79 Å². The van der Waals surface area contributed by atoms with E-state index in [4.69, 9.17) is 11.6 Å². The number of halogens is 1. The largest absolute Gasteiger partial charge is 0.322 e. The zero-order valence-electron chi connectivity index (χ0n) is 10.5. The maximum atomic E-state index is 12.2. The number of benzene rings is 2. The average Bonchev–Trinajstić information content (AvgIpc) is 2.42. The molecule has 0 aliphatic carbocycles. The van der Waals surface area contributed by atoms with Crippen LogP contribution in [0.25, 0.3) is 0 Å². The van der Waals surface area contributed by atoms with E-state index in [2.05, 4.69) is 12.2 Å². The Hall–Kier alpha value is -1.45.